The summed E-state index contributed by atoms with van der Waals surface area (Å²) in [6.45, 7) is 3.30. The Morgan fingerprint density at radius 1 is 0.789 bits per heavy atom. The van der Waals surface area contributed by atoms with E-state index in [4.69, 9.17) is 23.7 Å². The molecule has 1 unspecified atom stereocenters. The number of fused-ring (bicyclic) bond motifs is 1. The Bertz CT molecular complexity index is 1280. The van der Waals surface area contributed by atoms with E-state index in [1.807, 2.05) is 6.07 Å². The molecule has 0 aromatic heterocycles. The van der Waals surface area contributed by atoms with E-state index in [2.05, 4.69) is 0 Å². The van der Waals surface area contributed by atoms with Gasteiger partial charge in [-0.05, 0) is 50.2 Å². The van der Waals surface area contributed by atoms with Crippen LogP contribution in [0.3, 0.4) is 0 Å². The molecule has 3 aromatic rings. The fourth-order valence-corrected chi connectivity index (χ4v) is 5.93. The van der Waals surface area contributed by atoms with Crippen molar-refractivity contribution in [3.05, 3.63) is 102 Å². The molecule has 2 heterocycles. The third-order valence-electron chi connectivity index (χ3n) is 6.26. The number of rotatable bonds is 7. The number of hydrogen-bond donors (Lipinski definition) is 0. The third kappa shape index (κ3) is 5.71. The fourth-order valence-electron chi connectivity index (χ4n) is 4.54. The summed E-state index contributed by atoms with van der Waals surface area (Å²) in [7, 11) is -1.75. The molecule has 8 nitrogen and oxygen atoms in total. The second-order valence-electron chi connectivity index (χ2n) is 9.42. The number of benzene rings is 3. The third-order valence-corrected chi connectivity index (χ3v) is 7.80. The Balaban J connectivity index is 1.44. The van der Waals surface area contributed by atoms with Crippen LogP contribution >= 0.6 is 0 Å². The molecular formula is C29H28O8S. The minimum atomic E-state index is -1.75. The van der Waals surface area contributed by atoms with Crippen molar-refractivity contribution < 1.29 is 37.5 Å². The van der Waals surface area contributed by atoms with Crippen LogP contribution in [0, 0.1) is 0 Å². The highest BCUT2D eigenvalue weighted by atomic mass is 32.2. The zero-order valence-electron chi connectivity index (χ0n) is 20.9. The van der Waals surface area contributed by atoms with Gasteiger partial charge < -0.3 is 23.7 Å². The van der Waals surface area contributed by atoms with Crippen LogP contribution < -0.4 is 0 Å². The molecule has 0 aliphatic carbocycles. The topological polar surface area (TPSA) is 97.4 Å². The summed E-state index contributed by atoms with van der Waals surface area (Å²) < 4.78 is 43.8. The molecule has 0 saturated carbocycles. The maximum absolute atomic E-state index is 13.8. The lowest BCUT2D eigenvalue weighted by Crippen LogP contribution is -2.60. The lowest BCUT2D eigenvalue weighted by molar-refractivity contribution is -0.171. The Morgan fingerprint density at radius 3 is 1.92 bits per heavy atom. The van der Waals surface area contributed by atoms with Gasteiger partial charge in [-0.3, -0.25) is 4.21 Å². The van der Waals surface area contributed by atoms with E-state index in [1.165, 1.54) is 0 Å². The van der Waals surface area contributed by atoms with Crippen molar-refractivity contribution >= 4 is 22.7 Å². The molecule has 0 spiro atoms. The minimum Gasteiger partial charge on any atom is -0.459 e. The number of carbonyl (C=O) groups excluding carboxylic acids is 2. The molecule has 9 heteroatoms. The first-order chi connectivity index (χ1) is 18.3. The summed E-state index contributed by atoms with van der Waals surface area (Å²) in [5.74, 6) is -2.17. The molecule has 0 amide bonds. The molecule has 38 heavy (non-hydrogen) atoms. The van der Waals surface area contributed by atoms with Gasteiger partial charge in [0.15, 0.2) is 17.3 Å². The monoisotopic (exact) mass is 536 g/mol. The molecule has 6 atom stereocenters. The summed E-state index contributed by atoms with van der Waals surface area (Å²) in [6, 6.07) is 25.9. The number of ether oxygens (including phenoxy) is 5. The molecule has 2 aliphatic rings. The van der Waals surface area contributed by atoms with Crippen LogP contribution in [0.2, 0.25) is 0 Å². The standard InChI is InChI=1S/C29H28O8S/c1-29(2)36-23-22(18-33-26(30)19-12-6-3-7-13-19)34-28(38(32)21-16-10-5-11-17-21)25(24(23)37-29)35-27(31)20-14-8-4-9-15-20/h3-17,22-25,28H,18H2,1-2H3/t22-,23-,24+,25-,28+,38?/m1/s1. The summed E-state index contributed by atoms with van der Waals surface area (Å²) in [5.41, 5.74) is -0.377. The van der Waals surface area contributed by atoms with E-state index >= 15 is 0 Å². The molecule has 0 radical (unpaired) electrons. The average molecular weight is 537 g/mol. The molecular weight excluding hydrogens is 508 g/mol. The van der Waals surface area contributed by atoms with Crippen molar-refractivity contribution in [1.29, 1.82) is 0 Å². The normalized spacial score (nSPS) is 26.6. The van der Waals surface area contributed by atoms with E-state index in [-0.39, 0.29) is 6.61 Å². The van der Waals surface area contributed by atoms with Crippen LogP contribution in [-0.4, -0.2) is 58.4 Å². The van der Waals surface area contributed by atoms with Gasteiger partial charge in [0.05, 0.1) is 21.9 Å². The van der Waals surface area contributed by atoms with Crippen LogP contribution in [0.15, 0.2) is 95.9 Å². The molecule has 0 N–H and O–H groups in total. The molecule has 3 aromatic carbocycles. The summed E-state index contributed by atoms with van der Waals surface area (Å²) in [4.78, 5) is 26.2. The first kappa shape index (κ1) is 26.2. The smallest absolute Gasteiger partial charge is 0.338 e. The summed E-state index contributed by atoms with van der Waals surface area (Å²) in [6.07, 6.45) is -3.44. The van der Waals surface area contributed by atoms with Crippen molar-refractivity contribution in [1.82, 2.24) is 0 Å². The number of carbonyl (C=O) groups is 2. The lowest BCUT2D eigenvalue weighted by atomic mass is 10.00. The van der Waals surface area contributed by atoms with Gasteiger partial charge in [0.2, 0.25) is 0 Å². The van der Waals surface area contributed by atoms with Crippen LogP contribution in [0.25, 0.3) is 0 Å². The van der Waals surface area contributed by atoms with Crippen LogP contribution in [-0.2, 0) is 34.5 Å². The quantitative estimate of drug-likeness (QED) is 0.416. The van der Waals surface area contributed by atoms with Gasteiger partial charge in [-0.2, -0.15) is 0 Å². The molecule has 2 fully saturated rings. The van der Waals surface area contributed by atoms with Crippen LogP contribution in [0.4, 0.5) is 0 Å². The van der Waals surface area contributed by atoms with Gasteiger partial charge in [0, 0.05) is 4.90 Å². The highest BCUT2D eigenvalue weighted by molar-refractivity contribution is 7.85. The first-order valence-electron chi connectivity index (χ1n) is 12.3. The van der Waals surface area contributed by atoms with Gasteiger partial charge >= 0.3 is 11.9 Å². The molecule has 0 bridgehead atoms. The van der Waals surface area contributed by atoms with Crippen LogP contribution in [0.1, 0.15) is 34.6 Å². The van der Waals surface area contributed by atoms with Gasteiger partial charge in [-0.1, -0.05) is 54.6 Å². The zero-order chi connectivity index (χ0) is 26.7. The SMILES string of the molecule is CC1(C)O[C@@H]2[C@@H](OC(=O)c3ccccc3)[C@H](S(=O)c3ccccc3)O[C@H](COC(=O)c3ccccc3)[C@H]2O1. The predicted molar refractivity (Wildman–Crippen MR) is 138 cm³/mol. The zero-order valence-corrected chi connectivity index (χ0v) is 21.7. The predicted octanol–water partition coefficient (Wildman–Crippen LogP) is 4.12. The first-order valence-corrected chi connectivity index (χ1v) is 13.5. The fraction of sp³-hybridized carbons (Fsp3) is 0.310. The van der Waals surface area contributed by atoms with Gasteiger partial charge in [0.1, 0.15) is 24.9 Å². The molecule has 2 saturated heterocycles. The Kier molecular flexibility index (Phi) is 7.71. The van der Waals surface area contributed by atoms with E-state index in [0.29, 0.717) is 16.0 Å². The summed E-state index contributed by atoms with van der Waals surface area (Å²) in [5, 5.41) is 0. The Hall–Kier alpha value is -3.37. The second-order valence-corrected chi connectivity index (χ2v) is 10.9. The van der Waals surface area contributed by atoms with Crippen molar-refractivity contribution in [3.8, 4) is 0 Å². The van der Waals surface area contributed by atoms with Crippen molar-refractivity contribution in [2.45, 2.75) is 54.4 Å². The van der Waals surface area contributed by atoms with Crippen molar-refractivity contribution in [2.24, 2.45) is 0 Å². The molecule has 2 aliphatic heterocycles. The van der Waals surface area contributed by atoms with Crippen molar-refractivity contribution in [2.75, 3.05) is 6.61 Å². The highest BCUT2D eigenvalue weighted by Crippen LogP contribution is 2.40. The van der Waals surface area contributed by atoms with Gasteiger partial charge in [-0.15, -0.1) is 0 Å². The minimum absolute atomic E-state index is 0.170. The Labute approximate surface area is 223 Å². The average Bonchev–Trinajstić information content (AvgIpc) is 3.28. The number of esters is 2. The lowest BCUT2D eigenvalue weighted by Gasteiger charge is -2.41. The maximum Gasteiger partial charge on any atom is 0.338 e. The van der Waals surface area contributed by atoms with E-state index in [0.717, 1.165) is 0 Å². The van der Waals surface area contributed by atoms with Crippen LogP contribution in [0.5, 0.6) is 0 Å². The summed E-state index contributed by atoms with van der Waals surface area (Å²) >= 11 is 0. The Morgan fingerprint density at radius 2 is 1.32 bits per heavy atom. The van der Waals surface area contributed by atoms with E-state index in [9.17, 15) is 13.8 Å². The van der Waals surface area contributed by atoms with E-state index in [1.54, 1.807) is 98.8 Å². The second kappa shape index (κ2) is 11.2. The molecule has 198 valence electrons. The van der Waals surface area contributed by atoms with Gasteiger partial charge in [0.25, 0.3) is 0 Å². The molecule has 5 rings (SSSR count). The number of hydrogen-bond acceptors (Lipinski definition) is 8. The van der Waals surface area contributed by atoms with Gasteiger partial charge in [-0.25, -0.2) is 9.59 Å². The largest absolute Gasteiger partial charge is 0.459 e. The maximum atomic E-state index is 13.8. The highest BCUT2D eigenvalue weighted by Gasteiger charge is 2.58. The van der Waals surface area contributed by atoms with E-state index < -0.39 is 58.4 Å². The van der Waals surface area contributed by atoms with Crippen molar-refractivity contribution in [3.63, 3.8) is 0 Å².